The van der Waals surface area contributed by atoms with E-state index in [1.54, 1.807) is 25.1 Å². The first kappa shape index (κ1) is 24.7. The molecule has 1 aromatic carbocycles. The zero-order valence-corrected chi connectivity index (χ0v) is 19.8. The van der Waals surface area contributed by atoms with Gasteiger partial charge in [0.2, 0.25) is 5.91 Å². The molecule has 0 spiro atoms. The summed E-state index contributed by atoms with van der Waals surface area (Å²) in [6.07, 6.45) is 0.455. The van der Waals surface area contributed by atoms with Gasteiger partial charge in [0, 0.05) is 56.4 Å². The Bertz CT molecular complexity index is 935. The van der Waals surface area contributed by atoms with Gasteiger partial charge in [-0.2, -0.15) is 0 Å². The van der Waals surface area contributed by atoms with E-state index in [0.717, 1.165) is 0 Å². The molecule has 0 saturated carbocycles. The molecule has 1 fully saturated rings. The van der Waals surface area contributed by atoms with Crippen molar-refractivity contribution in [2.45, 2.75) is 46.2 Å². The largest absolute Gasteiger partial charge is 0.463 e. The summed E-state index contributed by atoms with van der Waals surface area (Å²) in [6, 6.07) is 4.78. The Hall–Kier alpha value is -2.94. The molecule has 2 atom stereocenters. The molecule has 1 aromatic rings. The number of hydrogen-bond acceptors (Lipinski definition) is 5. The van der Waals surface area contributed by atoms with Gasteiger partial charge in [0.1, 0.15) is 5.82 Å². The van der Waals surface area contributed by atoms with E-state index in [1.165, 1.54) is 11.0 Å². The number of benzene rings is 1. The molecule has 0 bridgehead atoms. The number of amides is 3. The van der Waals surface area contributed by atoms with E-state index >= 15 is 0 Å². The molecule has 0 unspecified atom stereocenters. The standard InChI is InChI=1S/C24H33FN4O4/c1-5-20(30)29-13-12-27(14-16(29)4)15-19-21(23(31)33-7-3)22(26-24(32)28(19)6-2)17-10-8-9-11-18(17)25/h8-11,16,22H,5-7,12-15H2,1-4H3,(H,26,32)/t16-,22+/m0/s1. The van der Waals surface area contributed by atoms with Crippen molar-refractivity contribution in [3.8, 4) is 0 Å². The molecular formula is C24H33FN4O4. The van der Waals surface area contributed by atoms with Gasteiger partial charge in [-0.15, -0.1) is 0 Å². The van der Waals surface area contributed by atoms with Crippen LogP contribution in [-0.4, -0.2) is 78.0 Å². The van der Waals surface area contributed by atoms with E-state index < -0.39 is 17.8 Å². The number of likely N-dealkylation sites (N-methyl/N-ethyl adjacent to an activating group) is 1. The summed E-state index contributed by atoms with van der Waals surface area (Å²) in [6.45, 7) is 9.99. The lowest BCUT2D eigenvalue weighted by molar-refractivity contribution is -0.139. The Morgan fingerprint density at radius 1 is 1.18 bits per heavy atom. The maximum absolute atomic E-state index is 14.7. The monoisotopic (exact) mass is 460 g/mol. The van der Waals surface area contributed by atoms with Crippen LogP contribution in [0.3, 0.4) is 0 Å². The van der Waals surface area contributed by atoms with Gasteiger partial charge < -0.3 is 15.0 Å². The van der Waals surface area contributed by atoms with Crippen LogP contribution in [0.25, 0.3) is 0 Å². The van der Waals surface area contributed by atoms with E-state index in [0.29, 0.717) is 44.8 Å². The second kappa shape index (κ2) is 10.8. The van der Waals surface area contributed by atoms with E-state index in [9.17, 15) is 18.8 Å². The molecule has 0 aromatic heterocycles. The third-order valence-corrected chi connectivity index (χ3v) is 6.17. The highest BCUT2D eigenvalue weighted by molar-refractivity contribution is 5.95. The Morgan fingerprint density at radius 2 is 1.91 bits per heavy atom. The quantitative estimate of drug-likeness (QED) is 0.633. The predicted molar refractivity (Wildman–Crippen MR) is 122 cm³/mol. The Balaban J connectivity index is 2.01. The van der Waals surface area contributed by atoms with Crippen LogP contribution in [0.15, 0.2) is 35.5 Å². The van der Waals surface area contributed by atoms with Crippen LogP contribution in [0.2, 0.25) is 0 Å². The first-order valence-corrected chi connectivity index (χ1v) is 11.6. The molecular weight excluding hydrogens is 427 g/mol. The Labute approximate surface area is 194 Å². The number of halogens is 1. The Morgan fingerprint density at radius 3 is 2.52 bits per heavy atom. The van der Waals surface area contributed by atoms with Crippen molar-refractivity contribution >= 4 is 17.9 Å². The maximum Gasteiger partial charge on any atom is 0.338 e. The molecule has 9 heteroatoms. The van der Waals surface area contributed by atoms with Crippen molar-refractivity contribution in [1.29, 1.82) is 0 Å². The average Bonchev–Trinajstić information content (AvgIpc) is 2.79. The van der Waals surface area contributed by atoms with Gasteiger partial charge in [-0.3, -0.25) is 14.6 Å². The fourth-order valence-corrected chi connectivity index (χ4v) is 4.56. The number of esters is 1. The molecule has 2 aliphatic rings. The molecule has 0 radical (unpaired) electrons. The third kappa shape index (κ3) is 5.19. The first-order chi connectivity index (χ1) is 15.8. The van der Waals surface area contributed by atoms with Crippen LogP contribution in [0.1, 0.15) is 45.7 Å². The summed E-state index contributed by atoms with van der Waals surface area (Å²) in [7, 11) is 0. The second-order valence-corrected chi connectivity index (χ2v) is 8.25. The number of carbonyl (C=O) groups is 3. The average molecular weight is 461 g/mol. The molecule has 180 valence electrons. The second-order valence-electron chi connectivity index (χ2n) is 8.25. The van der Waals surface area contributed by atoms with Gasteiger partial charge in [0.25, 0.3) is 0 Å². The van der Waals surface area contributed by atoms with Gasteiger partial charge in [0.05, 0.1) is 18.2 Å². The van der Waals surface area contributed by atoms with Crippen LogP contribution >= 0.6 is 0 Å². The molecule has 2 aliphatic heterocycles. The van der Waals surface area contributed by atoms with Crippen molar-refractivity contribution in [3.05, 3.63) is 46.9 Å². The molecule has 3 rings (SSSR count). The fraction of sp³-hybridized carbons (Fsp3) is 0.542. The van der Waals surface area contributed by atoms with Gasteiger partial charge in [-0.05, 0) is 26.8 Å². The van der Waals surface area contributed by atoms with E-state index in [-0.39, 0.29) is 35.7 Å². The number of piperazine rings is 1. The van der Waals surface area contributed by atoms with Crippen LogP contribution < -0.4 is 5.32 Å². The van der Waals surface area contributed by atoms with Crippen LogP contribution in [0.4, 0.5) is 9.18 Å². The summed E-state index contributed by atoms with van der Waals surface area (Å²) in [4.78, 5) is 43.8. The van der Waals surface area contributed by atoms with E-state index in [2.05, 4.69) is 10.2 Å². The molecule has 3 amide bonds. The summed E-state index contributed by atoms with van der Waals surface area (Å²) >= 11 is 0. The van der Waals surface area contributed by atoms with Crippen LogP contribution in [-0.2, 0) is 14.3 Å². The summed E-state index contributed by atoms with van der Waals surface area (Å²) in [5.74, 6) is -0.971. The number of urea groups is 1. The van der Waals surface area contributed by atoms with E-state index in [4.69, 9.17) is 4.74 Å². The fourth-order valence-electron chi connectivity index (χ4n) is 4.56. The highest BCUT2D eigenvalue weighted by Gasteiger charge is 2.40. The minimum Gasteiger partial charge on any atom is -0.463 e. The Kier molecular flexibility index (Phi) is 8.07. The highest BCUT2D eigenvalue weighted by Crippen LogP contribution is 2.33. The molecule has 33 heavy (non-hydrogen) atoms. The third-order valence-electron chi connectivity index (χ3n) is 6.17. The van der Waals surface area contributed by atoms with Gasteiger partial charge in [-0.25, -0.2) is 14.0 Å². The zero-order valence-electron chi connectivity index (χ0n) is 19.8. The van der Waals surface area contributed by atoms with Crippen molar-refractivity contribution in [1.82, 2.24) is 20.0 Å². The van der Waals surface area contributed by atoms with Crippen molar-refractivity contribution < 1.29 is 23.5 Å². The molecule has 1 N–H and O–H groups in total. The number of rotatable bonds is 7. The zero-order chi connectivity index (χ0) is 24.1. The maximum atomic E-state index is 14.7. The molecule has 0 aliphatic carbocycles. The number of hydrogen-bond donors (Lipinski definition) is 1. The summed E-state index contributed by atoms with van der Waals surface area (Å²) in [5.41, 5.74) is 0.965. The van der Waals surface area contributed by atoms with Crippen LogP contribution in [0.5, 0.6) is 0 Å². The molecule has 1 saturated heterocycles. The summed E-state index contributed by atoms with van der Waals surface area (Å²) < 4.78 is 20.0. The topological polar surface area (TPSA) is 82.2 Å². The van der Waals surface area contributed by atoms with Gasteiger partial charge in [0.15, 0.2) is 0 Å². The lowest BCUT2D eigenvalue weighted by Gasteiger charge is -2.43. The van der Waals surface area contributed by atoms with Gasteiger partial charge in [-0.1, -0.05) is 25.1 Å². The van der Waals surface area contributed by atoms with Crippen molar-refractivity contribution in [2.24, 2.45) is 0 Å². The lowest BCUT2D eigenvalue weighted by atomic mass is 9.93. The SMILES string of the molecule is CCOC(=O)C1=C(CN2CCN(C(=O)CC)[C@@H](C)C2)N(CC)C(=O)N[C@@H]1c1ccccc1F. The number of nitrogens with zero attached hydrogens (tertiary/aromatic N) is 3. The number of nitrogens with one attached hydrogen (secondary N) is 1. The first-order valence-electron chi connectivity index (χ1n) is 11.6. The minimum absolute atomic E-state index is 0.00713. The van der Waals surface area contributed by atoms with Gasteiger partial charge >= 0.3 is 12.0 Å². The smallest absolute Gasteiger partial charge is 0.338 e. The van der Waals surface area contributed by atoms with E-state index in [1.807, 2.05) is 25.7 Å². The predicted octanol–water partition coefficient (Wildman–Crippen LogP) is 2.67. The molecule has 8 nitrogen and oxygen atoms in total. The highest BCUT2D eigenvalue weighted by atomic mass is 19.1. The number of carbonyl (C=O) groups excluding carboxylic acids is 3. The lowest BCUT2D eigenvalue weighted by Crippen LogP contribution is -2.56. The normalized spacial score (nSPS) is 21.8. The number of ether oxygens (including phenoxy) is 1. The van der Waals surface area contributed by atoms with Crippen LogP contribution in [0, 0.1) is 5.82 Å². The van der Waals surface area contributed by atoms with Crippen molar-refractivity contribution in [2.75, 3.05) is 39.3 Å². The van der Waals surface area contributed by atoms with Crippen molar-refractivity contribution in [3.63, 3.8) is 0 Å². The minimum atomic E-state index is -0.948. The molecule has 2 heterocycles. The summed E-state index contributed by atoms with van der Waals surface area (Å²) in [5, 5.41) is 2.79.